The fourth-order valence-corrected chi connectivity index (χ4v) is 6.57. The van der Waals surface area contributed by atoms with Crippen LogP contribution < -0.4 is 15.4 Å². The van der Waals surface area contributed by atoms with Gasteiger partial charge in [0.15, 0.2) is 0 Å². The van der Waals surface area contributed by atoms with Crippen LogP contribution in [0.2, 0.25) is 0 Å². The third-order valence-electron chi connectivity index (χ3n) is 6.91. The number of hydrogen-bond donors (Lipinski definition) is 2. The number of carbonyl (C=O) groups excluding carboxylic acids is 2. The average Bonchev–Trinajstić information content (AvgIpc) is 3.43. The molecule has 41 heavy (non-hydrogen) atoms. The number of rotatable bonds is 9. The smallest absolute Gasteiger partial charge is 0.256 e. The molecule has 0 bridgehead atoms. The lowest BCUT2D eigenvalue weighted by Gasteiger charge is -2.26. The minimum absolute atomic E-state index is 0.176. The van der Waals surface area contributed by atoms with Crippen LogP contribution >= 0.6 is 23.1 Å². The molecule has 0 spiro atoms. The molecule has 4 aromatic rings. The molecular weight excluding hydrogens is 556 g/mol. The van der Waals surface area contributed by atoms with Crippen LogP contribution in [0, 0.1) is 0 Å². The third-order valence-corrected chi connectivity index (χ3v) is 9.11. The van der Waals surface area contributed by atoms with Gasteiger partial charge in [-0.1, -0.05) is 23.9 Å². The summed E-state index contributed by atoms with van der Waals surface area (Å²) in [5, 5.41) is 6.80. The molecule has 0 saturated carbocycles. The zero-order chi connectivity index (χ0) is 28.0. The van der Waals surface area contributed by atoms with Gasteiger partial charge in [-0.3, -0.25) is 14.5 Å². The SMILES string of the molecule is O=C(NCc1cnc(-c2ccc(OCCCN3CCOCC3)cc2)s1)c1ccc2c(c1)NC(=O)c1ccccc1S2. The maximum absolute atomic E-state index is 12.9. The standard InChI is InChI=1S/C31H30N4O4S2/c36-29(22-8-11-28-26(18-22)34-30(37)25-4-1-2-5-27(25)41-28)32-19-24-20-33-31(40-24)21-6-9-23(10-7-21)39-15-3-12-35-13-16-38-17-14-35/h1-2,4-11,18,20H,3,12-17,19H2,(H,32,36)(H,34,37). The normalized spacial score (nSPS) is 14.9. The van der Waals surface area contributed by atoms with Crippen LogP contribution in [0.5, 0.6) is 5.75 Å². The van der Waals surface area contributed by atoms with E-state index in [2.05, 4.69) is 20.5 Å². The monoisotopic (exact) mass is 586 g/mol. The first-order valence-electron chi connectivity index (χ1n) is 13.6. The molecule has 2 aliphatic heterocycles. The van der Waals surface area contributed by atoms with Crippen LogP contribution in [0.25, 0.3) is 10.6 Å². The molecule has 1 aromatic heterocycles. The second-order valence-corrected chi connectivity index (χ2v) is 12.0. The van der Waals surface area contributed by atoms with Gasteiger partial charge < -0.3 is 20.1 Å². The van der Waals surface area contributed by atoms with Gasteiger partial charge in [-0.05, 0) is 61.0 Å². The number of amides is 2. The quantitative estimate of drug-likeness (QED) is 0.248. The minimum atomic E-state index is -0.209. The van der Waals surface area contributed by atoms with Gasteiger partial charge in [0.05, 0.1) is 37.6 Å². The van der Waals surface area contributed by atoms with Gasteiger partial charge in [-0.2, -0.15) is 0 Å². The largest absolute Gasteiger partial charge is 0.494 e. The molecule has 2 aliphatic rings. The Hall–Kier alpha value is -3.70. The molecule has 3 heterocycles. The Morgan fingerprint density at radius 1 is 1.05 bits per heavy atom. The van der Waals surface area contributed by atoms with Crippen molar-refractivity contribution in [2.75, 3.05) is 44.8 Å². The molecule has 0 aliphatic carbocycles. The van der Waals surface area contributed by atoms with Crippen molar-refractivity contribution in [2.24, 2.45) is 0 Å². The highest BCUT2D eigenvalue weighted by Gasteiger charge is 2.21. The summed E-state index contributed by atoms with van der Waals surface area (Å²) in [5.41, 5.74) is 2.75. The van der Waals surface area contributed by atoms with E-state index in [-0.39, 0.29) is 11.8 Å². The van der Waals surface area contributed by atoms with Crippen molar-refractivity contribution < 1.29 is 19.1 Å². The lowest BCUT2D eigenvalue weighted by Crippen LogP contribution is -2.37. The summed E-state index contributed by atoms with van der Waals surface area (Å²) in [4.78, 5) is 35.3. The first-order chi connectivity index (χ1) is 20.1. The van der Waals surface area contributed by atoms with Crippen molar-refractivity contribution in [2.45, 2.75) is 22.8 Å². The van der Waals surface area contributed by atoms with Gasteiger partial charge in [0.25, 0.3) is 11.8 Å². The summed E-state index contributed by atoms with van der Waals surface area (Å²) in [6.07, 6.45) is 2.78. The molecule has 6 rings (SSSR count). The molecule has 2 amide bonds. The fraction of sp³-hybridized carbons (Fsp3) is 0.258. The van der Waals surface area contributed by atoms with Gasteiger partial charge in [0, 0.05) is 51.6 Å². The van der Waals surface area contributed by atoms with Crippen molar-refractivity contribution in [1.29, 1.82) is 0 Å². The molecule has 2 N–H and O–H groups in total. The molecule has 0 atom stereocenters. The molecule has 8 nitrogen and oxygen atoms in total. The van der Waals surface area contributed by atoms with E-state index in [0.29, 0.717) is 30.0 Å². The number of carbonyl (C=O) groups is 2. The van der Waals surface area contributed by atoms with Gasteiger partial charge in [0.1, 0.15) is 10.8 Å². The highest BCUT2D eigenvalue weighted by atomic mass is 32.2. The average molecular weight is 587 g/mol. The Balaban J connectivity index is 1.00. The van der Waals surface area contributed by atoms with Crippen molar-refractivity contribution in [3.8, 4) is 16.3 Å². The number of hydrogen-bond acceptors (Lipinski definition) is 8. The number of thiazole rings is 1. The highest BCUT2D eigenvalue weighted by Crippen LogP contribution is 2.39. The van der Waals surface area contributed by atoms with Crippen molar-refractivity contribution >= 4 is 40.6 Å². The van der Waals surface area contributed by atoms with Crippen molar-refractivity contribution in [3.63, 3.8) is 0 Å². The summed E-state index contributed by atoms with van der Waals surface area (Å²) >= 11 is 3.06. The number of nitrogens with one attached hydrogen (secondary N) is 2. The van der Waals surface area contributed by atoms with Crippen LogP contribution in [-0.4, -0.2) is 61.2 Å². The van der Waals surface area contributed by atoms with Crippen LogP contribution in [0.3, 0.4) is 0 Å². The van der Waals surface area contributed by atoms with E-state index >= 15 is 0 Å². The number of ether oxygens (including phenoxy) is 2. The van der Waals surface area contributed by atoms with E-state index in [9.17, 15) is 9.59 Å². The molecule has 1 saturated heterocycles. The van der Waals surface area contributed by atoms with E-state index in [4.69, 9.17) is 9.47 Å². The van der Waals surface area contributed by atoms with E-state index < -0.39 is 0 Å². The lowest BCUT2D eigenvalue weighted by atomic mass is 10.1. The predicted molar refractivity (Wildman–Crippen MR) is 161 cm³/mol. The summed E-state index contributed by atoms with van der Waals surface area (Å²) in [7, 11) is 0. The minimum Gasteiger partial charge on any atom is -0.494 e. The third kappa shape index (κ3) is 6.79. The Bertz CT molecular complexity index is 1530. The zero-order valence-corrected chi connectivity index (χ0v) is 24.1. The molecule has 210 valence electrons. The van der Waals surface area contributed by atoms with Crippen LogP contribution in [0.4, 0.5) is 5.69 Å². The van der Waals surface area contributed by atoms with E-state index in [0.717, 1.165) is 70.3 Å². The number of benzene rings is 3. The van der Waals surface area contributed by atoms with Gasteiger partial charge in [-0.15, -0.1) is 11.3 Å². The summed E-state index contributed by atoms with van der Waals surface area (Å²) in [6.45, 7) is 5.70. The maximum Gasteiger partial charge on any atom is 0.256 e. The number of anilines is 1. The topological polar surface area (TPSA) is 92.8 Å². The molecule has 1 fully saturated rings. The van der Waals surface area contributed by atoms with Crippen LogP contribution in [-0.2, 0) is 11.3 Å². The Kier molecular flexibility index (Phi) is 8.62. The number of morpholine rings is 1. The summed E-state index contributed by atoms with van der Waals surface area (Å²) in [5.74, 6) is 0.461. The molecule has 0 unspecified atom stereocenters. The second-order valence-electron chi connectivity index (χ2n) is 9.76. The highest BCUT2D eigenvalue weighted by molar-refractivity contribution is 7.99. The van der Waals surface area contributed by atoms with Gasteiger partial charge >= 0.3 is 0 Å². The maximum atomic E-state index is 12.9. The number of nitrogens with zero attached hydrogens (tertiary/aromatic N) is 2. The van der Waals surface area contributed by atoms with Crippen molar-refractivity contribution in [1.82, 2.24) is 15.2 Å². The molecule has 10 heteroatoms. The van der Waals surface area contributed by atoms with Gasteiger partial charge in [-0.25, -0.2) is 4.98 Å². The lowest BCUT2D eigenvalue weighted by molar-refractivity contribution is 0.0358. The predicted octanol–water partition coefficient (Wildman–Crippen LogP) is 5.56. The molecule has 3 aromatic carbocycles. The molecule has 0 radical (unpaired) electrons. The summed E-state index contributed by atoms with van der Waals surface area (Å²) < 4.78 is 11.3. The van der Waals surface area contributed by atoms with E-state index in [1.807, 2.05) is 48.5 Å². The fourth-order valence-electron chi connectivity index (χ4n) is 4.70. The Morgan fingerprint density at radius 3 is 2.73 bits per heavy atom. The first-order valence-corrected chi connectivity index (χ1v) is 15.2. The Morgan fingerprint density at radius 2 is 1.88 bits per heavy atom. The Labute approximate surface area is 247 Å². The second kappa shape index (κ2) is 12.9. The van der Waals surface area contributed by atoms with Crippen LogP contribution in [0.1, 0.15) is 32.0 Å². The molecular formula is C31H30N4O4S2. The first kappa shape index (κ1) is 27.5. The summed E-state index contributed by atoms with van der Waals surface area (Å²) in [6, 6.07) is 20.8. The van der Waals surface area contributed by atoms with E-state index in [1.54, 1.807) is 35.7 Å². The number of fused-ring (bicyclic) bond motifs is 2. The van der Waals surface area contributed by atoms with E-state index in [1.165, 1.54) is 11.8 Å². The number of aromatic nitrogens is 1. The van der Waals surface area contributed by atoms with Gasteiger partial charge in [0.2, 0.25) is 0 Å². The van der Waals surface area contributed by atoms with Crippen molar-refractivity contribution in [3.05, 3.63) is 88.9 Å². The van der Waals surface area contributed by atoms with Crippen LogP contribution in [0.15, 0.2) is 82.7 Å². The zero-order valence-electron chi connectivity index (χ0n) is 22.4.